The van der Waals surface area contributed by atoms with Gasteiger partial charge >= 0.3 is 6.01 Å². The highest BCUT2D eigenvalue weighted by Gasteiger charge is 2.49. The molecule has 42 heavy (non-hydrogen) atoms. The summed E-state index contributed by atoms with van der Waals surface area (Å²) in [5, 5.41) is 5.20. The molecule has 3 fully saturated rings. The summed E-state index contributed by atoms with van der Waals surface area (Å²) < 4.78 is 26.7. The molecule has 7 rings (SSSR count). The van der Waals surface area contributed by atoms with Gasteiger partial charge in [-0.05, 0) is 77.1 Å². The van der Waals surface area contributed by atoms with Gasteiger partial charge in [-0.2, -0.15) is 15.0 Å². The summed E-state index contributed by atoms with van der Waals surface area (Å²) in [6.45, 7) is 9.93. The summed E-state index contributed by atoms with van der Waals surface area (Å²) in [4.78, 5) is 24.4. The first-order valence-corrected chi connectivity index (χ1v) is 16.0. The molecule has 4 aliphatic rings. The van der Waals surface area contributed by atoms with Crippen LogP contribution >= 0.6 is 11.3 Å². The highest BCUT2D eigenvalue weighted by molar-refractivity contribution is 7.16. The number of alkyl halides is 1. The Morgan fingerprint density at radius 3 is 2.86 bits per heavy atom. The number of aryl methyl sites for hydroxylation is 1. The Kier molecular flexibility index (Phi) is 7.16. The highest BCUT2D eigenvalue weighted by Crippen LogP contribution is 2.49. The summed E-state index contributed by atoms with van der Waals surface area (Å²) in [5.41, 5.74) is 8.39. The number of ether oxygens (including phenoxy) is 1. The molecule has 0 radical (unpaired) electrons. The number of rotatable bonds is 8. The number of hydrogen-bond donors (Lipinski definition) is 1. The molecule has 2 N–H and O–H groups in total. The summed E-state index contributed by atoms with van der Waals surface area (Å²) in [6.07, 6.45) is 7.96. The molecule has 0 unspecified atom stereocenters. The van der Waals surface area contributed by atoms with E-state index < -0.39 is 11.6 Å². The van der Waals surface area contributed by atoms with Crippen molar-refractivity contribution >= 4 is 28.9 Å². The Morgan fingerprint density at radius 2 is 2.02 bits per heavy atom. The van der Waals surface area contributed by atoms with Crippen LogP contribution in [0.4, 0.5) is 15.2 Å². The fourth-order valence-corrected chi connectivity index (χ4v) is 8.89. The van der Waals surface area contributed by atoms with E-state index in [2.05, 4.69) is 33.6 Å². The molecule has 3 aliphatic heterocycles. The molecule has 12 heteroatoms. The van der Waals surface area contributed by atoms with Gasteiger partial charge in [0.25, 0.3) is 0 Å². The number of hydrogen-bond acceptors (Lipinski definition) is 11. The molecule has 6 heterocycles. The van der Waals surface area contributed by atoms with Gasteiger partial charge in [0.05, 0.1) is 22.5 Å². The highest BCUT2D eigenvalue weighted by atomic mass is 32.1. The molecule has 1 aliphatic carbocycles. The molecule has 3 saturated heterocycles. The largest absolute Gasteiger partial charge is 0.461 e. The molecule has 0 spiro atoms. The Balaban J connectivity index is 1.22. The van der Waals surface area contributed by atoms with Gasteiger partial charge in [0.1, 0.15) is 24.3 Å². The third-order valence-electron chi connectivity index (χ3n) is 9.74. The minimum atomic E-state index is -0.814. The van der Waals surface area contributed by atoms with E-state index in [4.69, 9.17) is 29.9 Å². The molecule has 3 atom stereocenters. The molecule has 0 aromatic carbocycles. The monoisotopic (exact) mass is 594 g/mol. The number of piperidine rings is 1. The number of thiophene rings is 1. The van der Waals surface area contributed by atoms with Crippen LogP contribution in [0.2, 0.25) is 0 Å². The number of halogens is 1. The van der Waals surface area contributed by atoms with Crippen molar-refractivity contribution < 1.29 is 13.7 Å². The minimum Gasteiger partial charge on any atom is -0.461 e. The molecular formula is C30H39FN8O2S. The summed E-state index contributed by atoms with van der Waals surface area (Å²) in [7, 11) is 0. The topological polar surface area (TPSA) is 119 Å². The zero-order valence-electron chi connectivity index (χ0n) is 24.3. The average Bonchev–Trinajstić information content (AvgIpc) is 3.76. The summed E-state index contributed by atoms with van der Waals surface area (Å²) in [6, 6.07) is 2.21. The first kappa shape index (κ1) is 27.7. The van der Waals surface area contributed by atoms with Crippen LogP contribution in [0.25, 0.3) is 11.5 Å². The van der Waals surface area contributed by atoms with Gasteiger partial charge < -0.3 is 19.9 Å². The third-order valence-corrected chi connectivity index (χ3v) is 10.9. The van der Waals surface area contributed by atoms with Crippen LogP contribution < -0.4 is 15.4 Å². The van der Waals surface area contributed by atoms with Gasteiger partial charge in [0.15, 0.2) is 0 Å². The zero-order valence-corrected chi connectivity index (χ0v) is 25.1. The molecule has 0 amide bonds. The van der Waals surface area contributed by atoms with Gasteiger partial charge in [0.2, 0.25) is 11.7 Å². The second-order valence-electron chi connectivity index (χ2n) is 12.5. The molecule has 10 nitrogen and oxygen atoms in total. The van der Waals surface area contributed by atoms with Crippen molar-refractivity contribution in [3.05, 3.63) is 28.0 Å². The van der Waals surface area contributed by atoms with Crippen molar-refractivity contribution in [2.24, 2.45) is 4.99 Å². The smallest absolute Gasteiger partial charge is 0.319 e. The van der Waals surface area contributed by atoms with Crippen molar-refractivity contribution in [3.63, 3.8) is 0 Å². The Labute approximate surface area is 249 Å². The average molecular weight is 595 g/mol. The van der Waals surface area contributed by atoms with Crippen molar-refractivity contribution in [2.45, 2.75) is 88.4 Å². The van der Waals surface area contributed by atoms with E-state index in [0.29, 0.717) is 43.5 Å². The first-order chi connectivity index (χ1) is 20.4. The van der Waals surface area contributed by atoms with Crippen molar-refractivity contribution in [3.8, 4) is 17.5 Å². The fraction of sp³-hybridized carbons (Fsp3) is 0.633. The van der Waals surface area contributed by atoms with Gasteiger partial charge in [0, 0.05) is 42.6 Å². The predicted octanol–water partition coefficient (Wildman–Crippen LogP) is 4.96. The van der Waals surface area contributed by atoms with E-state index in [1.807, 2.05) is 6.07 Å². The fourth-order valence-electron chi connectivity index (χ4n) is 7.64. The lowest BCUT2D eigenvalue weighted by Crippen LogP contribution is -2.43. The van der Waals surface area contributed by atoms with Gasteiger partial charge in [-0.15, -0.1) is 11.3 Å². The Bertz CT molecular complexity index is 1470. The first-order valence-electron chi connectivity index (χ1n) is 15.2. The number of anilines is 2. The van der Waals surface area contributed by atoms with Crippen molar-refractivity contribution in [2.75, 3.05) is 43.4 Å². The molecular weight excluding hydrogens is 555 g/mol. The van der Waals surface area contributed by atoms with E-state index >= 15 is 0 Å². The second-order valence-corrected chi connectivity index (χ2v) is 13.7. The van der Waals surface area contributed by atoms with E-state index in [1.54, 1.807) is 11.3 Å². The number of nitrogens with two attached hydrogens (primary N) is 1. The number of aliphatic imine (C=N–C) groups is 1. The standard InChI is InChI=1S/C30H39FN8O2S/c1-29(9-6-8-22-24(29)20(16-33-2)25(32)42-22)27-36-26(37-41-27)21-14-23(38-11-4-3-5-12-38)35-28(34-21)40-18-30-10-7-13-39(30)17-19(31)15-30/h14,19H,2-13,15-18,32H2,1H3/t19-,29+,30+/m1/s1. The number of aromatic nitrogens is 4. The summed E-state index contributed by atoms with van der Waals surface area (Å²) in [5.74, 6) is 1.75. The van der Waals surface area contributed by atoms with Crippen LogP contribution in [-0.4, -0.2) is 76.2 Å². The Morgan fingerprint density at radius 1 is 1.17 bits per heavy atom. The van der Waals surface area contributed by atoms with E-state index in [1.165, 1.54) is 11.3 Å². The van der Waals surface area contributed by atoms with Gasteiger partial charge in [-0.1, -0.05) is 5.16 Å². The van der Waals surface area contributed by atoms with E-state index in [9.17, 15) is 4.39 Å². The normalized spacial score (nSPS) is 27.7. The molecule has 0 saturated carbocycles. The lowest BCUT2D eigenvalue weighted by atomic mass is 9.72. The lowest BCUT2D eigenvalue weighted by Gasteiger charge is -2.31. The van der Waals surface area contributed by atoms with Crippen LogP contribution in [-0.2, 0) is 18.4 Å². The van der Waals surface area contributed by atoms with Crippen molar-refractivity contribution in [1.29, 1.82) is 0 Å². The third kappa shape index (κ3) is 4.76. The maximum absolute atomic E-state index is 14.4. The van der Waals surface area contributed by atoms with Gasteiger partial charge in [-0.3, -0.25) is 9.89 Å². The minimum absolute atomic E-state index is 0.277. The molecule has 3 aromatic heterocycles. The Hall–Kier alpha value is -3.12. The van der Waals surface area contributed by atoms with Crippen molar-refractivity contribution in [1.82, 2.24) is 25.0 Å². The SMILES string of the molecule is C=NCc1c(N)sc2c1[C@@](C)(c1nc(-c3cc(N4CCCCC4)nc(OC[C@@]45CCCN4C[C@H](F)C5)n3)no1)CCC2. The molecule has 0 bridgehead atoms. The maximum Gasteiger partial charge on any atom is 0.319 e. The van der Waals surface area contributed by atoms with Crippen LogP contribution in [0.3, 0.4) is 0 Å². The van der Waals surface area contributed by atoms with E-state index in [0.717, 1.165) is 86.5 Å². The number of fused-ring (bicyclic) bond motifs is 2. The quantitative estimate of drug-likeness (QED) is 0.361. The van der Waals surface area contributed by atoms with Crippen LogP contribution in [0.15, 0.2) is 15.6 Å². The van der Waals surface area contributed by atoms with Crippen LogP contribution in [0, 0.1) is 0 Å². The molecule has 224 valence electrons. The lowest BCUT2D eigenvalue weighted by molar-refractivity contribution is 0.107. The number of nitrogens with zero attached hydrogens (tertiary/aromatic N) is 7. The van der Waals surface area contributed by atoms with Crippen LogP contribution in [0.1, 0.15) is 80.2 Å². The molecule has 3 aromatic rings. The predicted molar refractivity (Wildman–Crippen MR) is 161 cm³/mol. The number of nitrogen functional groups attached to an aromatic ring is 1. The van der Waals surface area contributed by atoms with E-state index in [-0.39, 0.29) is 11.5 Å². The summed E-state index contributed by atoms with van der Waals surface area (Å²) >= 11 is 1.63. The van der Waals surface area contributed by atoms with Gasteiger partial charge in [-0.25, -0.2) is 4.39 Å². The maximum atomic E-state index is 14.4. The zero-order chi connectivity index (χ0) is 28.9. The second kappa shape index (κ2) is 10.9. The van der Waals surface area contributed by atoms with Crippen LogP contribution in [0.5, 0.6) is 6.01 Å².